The quantitative estimate of drug-likeness (QED) is 0.432. The molecule has 2 nitrogen and oxygen atoms in total. The molecular formula is C8H6BrF3INO. The second-order valence-electron chi connectivity index (χ2n) is 2.72. The van der Waals surface area contributed by atoms with Crippen molar-refractivity contribution in [1.82, 2.24) is 4.98 Å². The summed E-state index contributed by atoms with van der Waals surface area (Å²) in [6, 6.07) is 0. The standard InChI is InChI=1S/C8H6BrF3INO/c1-4-3-14-7(13)6(5(4)2-9)15-8(10,11)12/h3H,2H2,1H3. The van der Waals surface area contributed by atoms with Gasteiger partial charge in [0.2, 0.25) is 0 Å². The number of pyridine rings is 1. The molecule has 0 atom stereocenters. The van der Waals surface area contributed by atoms with Gasteiger partial charge in [-0.25, -0.2) is 4.98 Å². The summed E-state index contributed by atoms with van der Waals surface area (Å²) in [5.41, 5.74) is 1.12. The average Bonchev–Trinajstić information content (AvgIpc) is 2.10. The molecule has 0 radical (unpaired) electrons. The summed E-state index contributed by atoms with van der Waals surface area (Å²) in [4.78, 5) is 3.81. The van der Waals surface area contributed by atoms with Crippen LogP contribution in [0.2, 0.25) is 0 Å². The van der Waals surface area contributed by atoms with Gasteiger partial charge in [0.05, 0.1) is 0 Å². The molecule has 0 saturated carbocycles. The lowest BCUT2D eigenvalue weighted by Crippen LogP contribution is -2.19. The fourth-order valence-corrected chi connectivity index (χ4v) is 2.25. The Morgan fingerprint density at radius 2 is 2.13 bits per heavy atom. The van der Waals surface area contributed by atoms with Gasteiger partial charge in [0.25, 0.3) is 0 Å². The van der Waals surface area contributed by atoms with Crippen molar-refractivity contribution < 1.29 is 17.9 Å². The molecule has 0 bridgehead atoms. The zero-order valence-electron chi connectivity index (χ0n) is 7.53. The molecule has 0 N–H and O–H groups in total. The van der Waals surface area contributed by atoms with Gasteiger partial charge in [0, 0.05) is 17.1 Å². The highest BCUT2D eigenvalue weighted by Gasteiger charge is 2.33. The van der Waals surface area contributed by atoms with E-state index in [4.69, 9.17) is 0 Å². The summed E-state index contributed by atoms with van der Waals surface area (Å²) < 4.78 is 40.4. The lowest BCUT2D eigenvalue weighted by Gasteiger charge is -2.14. The summed E-state index contributed by atoms with van der Waals surface area (Å²) in [6.07, 6.45) is -3.17. The minimum Gasteiger partial charge on any atom is -0.403 e. The number of aryl methyl sites for hydroxylation is 1. The molecule has 0 fully saturated rings. The van der Waals surface area contributed by atoms with Gasteiger partial charge in [-0.3, -0.25) is 0 Å². The monoisotopic (exact) mass is 395 g/mol. The first kappa shape index (κ1) is 13.0. The van der Waals surface area contributed by atoms with E-state index in [9.17, 15) is 13.2 Å². The van der Waals surface area contributed by atoms with Gasteiger partial charge in [0.15, 0.2) is 5.75 Å². The van der Waals surface area contributed by atoms with Crippen LogP contribution in [0, 0.1) is 10.6 Å². The summed E-state index contributed by atoms with van der Waals surface area (Å²) in [7, 11) is 0. The average molecular weight is 396 g/mol. The Bertz CT molecular complexity index is 370. The Morgan fingerprint density at radius 1 is 1.53 bits per heavy atom. The smallest absolute Gasteiger partial charge is 0.403 e. The maximum Gasteiger partial charge on any atom is 0.573 e. The Hall–Kier alpha value is -0.0500. The first-order chi connectivity index (χ1) is 6.85. The molecule has 0 aliphatic carbocycles. The van der Waals surface area contributed by atoms with E-state index in [1.807, 2.05) is 0 Å². The minimum absolute atomic E-state index is 0.199. The summed E-state index contributed by atoms with van der Waals surface area (Å²) in [5, 5.41) is 0.294. The Morgan fingerprint density at radius 3 is 2.60 bits per heavy atom. The zero-order chi connectivity index (χ0) is 11.6. The van der Waals surface area contributed by atoms with Crippen molar-refractivity contribution >= 4 is 38.5 Å². The Kier molecular flexibility index (Phi) is 4.21. The van der Waals surface area contributed by atoms with E-state index >= 15 is 0 Å². The summed E-state index contributed by atoms with van der Waals surface area (Å²) in [6.45, 7) is 1.68. The highest BCUT2D eigenvalue weighted by Crippen LogP contribution is 2.32. The van der Waals surface area contributed by atoms with Gasteiger partial charge in [0.1, 0.15) is 3.70 Å². The normalized spacial score (nSPS) is 11.6. The number of hydrogen-bond donors (Lipinski definition) is 0. The Labute approximate surface area is 106 Å². The maximum atomic E-state index is 12.1. The highest BCUT2D eigenvalue weighted by atomic mass is 127. The molecule has 1 rings (SSSR count). The summed E-state index contributed by atoms with van der Waals surface area (Å²) >= 11 is 4.83. The van der Waals surface area contributed by atoms with Gasteiger partial charge in [-0.05, 0) is 35.1 Å². The molecule has 0 amide bonds. The second kappa shape index (κ2) is 4.86. The lowest BCUT2D eigenvalue weighted by atomic mass is 10.2. The molecule has 0 unspecified atom stereocenters. The molecule has 1 aromatic heterocycles. The lowest BCUT2D eigenvalue weighted by molar-refractivity contribution is -0.275. The third-order valence-corrected chi connectivity index (χ3v) is 2.99. The third kappa shape index (κ3) is 3.47. The van der Waals surface area contributed by atoms with Crippen LogP contribution in [0.15, 0.2) is 6.20 Å². The van der Waals surface area contributed by atoms with Crippen LogP contribution in [-0.2, 0) is 5.33 Å². The molecule has 1 heterocycles. The number of rotatable bonds is 2. The van der Waals surface area contributed by atoms with Crippen molar-refractivity contribution in [1.29, 1.82) is 0 Å². The van der Waals surface area contributed by atoms with Crippen LogP contribution in [0.3, 0.4) is 0 Å². The van der Waals surface area contributed by atoms with Crippen molar-refractivity contribution in [2.45, 2.75) is 18.6 Å². The fraction of sp³-hybridized carbons (Fsp3) is 0.375. The number of aromatic nitrogens is 1. The van der Waals surface area contributed by atoms with Crippen LogP contribution < -0.4 is 4.74 Å². The summed E-state index contributed by atoms with van der Waals surface area (Å²) in [5.74, 6) is -0.222. The van der Waals surface area contributed by atoms with E-state index in [-0.39, 0.29) is 9.45 Å². The van der Waals surface area contributed by atoms with E-state index in [0.29, 0.717) is 16.5 Å². The van der Waals surface area contributed by atoms with Crippen LogP contribution in [0.1, 0.15) is 11.1 Å². The topological polar surface area (TPSA) is 22.1 Å². The molecule has 7 heteroatoms. The first-order valence-electron chi connectivity index (χ1n) is 3.81. The molecule has 0 saturated heterocycles. The molecule has 15 heavy (non-hydrogen) atoms. The number of nitrogens with zero attached hydrogens (tertiary/aromatic N) is 1. The Balaban J connectivity index is 3.20. The molecule has 1 aromatic rings. The first-order valence-corrected chi connectivity index (χ1v) is 6.01. The number of hydrogen-bond acceptors (Lipinski definition) is 2. The molecule has 0 aromatic carbocycles. The second-order valence-corrected chi connectivity index (χ2v) is 4.30. The van der Waals surface area contributed by atoms with Crippen molar-refractivity contribution in [3.05, 3.63) is 21.0 Å². The molecular weight excluding hydrogens is 390 g/mol. The molecule has 0 aliphatic heterocycles. The molecule has 0 spiro atoms. The van der Waals surface area contributed by atoms with Gasteiger partial charge in [-0.1, -0.05) is 15.9 Å². The van der Waals surface area contributed by atoms with Crippen molar-refractivity contribution in [3.63, 3.8) is 0 Å². The van der Waals surface area contributed by atoms with Gasteiger partial charge >= 0.3 is 6.36 Å². The highest BCUT2D eigenvalue weighted by molar-refractivity contribution is 14.1. The van der Waals surface area contributed by atoms with Crippen LogP contribution in [0.25, 0.3) is 0 Å². The van der Waals surface area contributed by atoms with E-state index in [1.165, 1.54) is 6.20 Å². The fourth-order valence-electron chi connectivity index (χ4n) is 0.979. The van der Waals surface area contributed by atoms with Crippen LogP contribution in [0.4, 0.5) is 13.2 Å². The van der Waals surface area contributed by atoms with Crippen molar-refractivity contribution in [3.8, 4) is 5.75 Å². The van der Waals surface area contributed by atoms with E-state index < -0.39 is 6.36 Å². The van der Waals surface area contributed by atoms with Crippen molar-refractivity contribution in [2.24, 2.45) is 0 Å². The third-order valence-electron chi connectivity index (χ3n) is 1.66. The van der Waals surface area contributed by atoms with Crippen LogP contribution in [-0.4, -0.2) is 11.3 Å². The van der Waals surface area contributed by atoms with Crippen LogP contribution >= 0.6 is 38.5 Å². The van der Waals surface area contributed by atoms with E-state index in [2.05, 4.69) is 25.7 Å². The number of alkyl halides is 4. The SMILES string of the molecule is Cc1cnc(I)c(OC(F)(F)F)c1CBr. The van der Waals surface area contributed by atoms with Crippen molar-refractivity contribution in [2.75, 3.05) is 0 Å². The maximum absolute atomic E-state index is 12.1. The van der Waals surface area contributed by atoms with Gasteiger partial charge < -0.3 is 4.74 Å². The van der Waals surface area contributed by atoms with Gasteiger partial charge in [-0.15, -0.1) is 13.2 Å². The number of ether oxygens (including phenoxy) is 1. The largest absolute Gasteiger partial charge is 0.573 e. The van der Waals surface area contributed by atoms with Gasteiger partial charge in [-0.2, -0.15) is 0 Å². The van der Waals surface area contributed by atoms with E-state index in [1.54, 1.807) is 29.5 Å². The molecule has 0 aliphatic rings. The predicted octanol–water partition coefficient (Wildman–Crippen LogP) is 3.79. The van der Waals surface area contributed by atoms with Crippen LogP contribution in [0.5, 0.6) is 5.75 Å². The minimum atomic E-state index is -4.69. The number of halogens is 5. The molecule has 84 valence electrons. The zero-order valence-corrected chi connectivity index (χ0v) is 11.3. The van der Waals surface area contributed by atoms with E-state index in [0.717, 1.165) is 0 Å². The predicted molar refractivity (Wildman–Crippen MR) is 61.0 cm³/mol.